The molecule has 0 aliphatic carbocycles. The molecule has 1 aliphatic heterocycles. The number of anilines is 1. The summed E-state index contributed by atoms with van der Waals surface area (Å²) in [5, 5.41) is 16.3. The zero-order valence-corrected chi connectivity index (χ0v) is 12.0. The molecule has 0 radical (unpaired) electrons. The summed E-state index contributed by atoms with van der Waals surface area (Å²) in [4.78, 5) is 11.5. The molecule has 1 aliphatic rings. The molecule has 18 heavy (non-hydrogen) atoms. The van der Waals surface area contributed by atoms with Crippen LogP contribution in [0.5, 0.6) is 0 Å². The van der Waals surface area contributed by atoms with Gasteiger partial charge in [-0.1, -0.05) is 11.6 Å². The minimum Gasteiger partial charge on any atom is -0.479 e. The van der Waals surface area contributed by atoms with Crippen LogP contribution in [0, 0.1) is 0 Å². The number of piperidine rings is 1. The maximum Gasteiger partial charge on any atom is 0.330 e. The van der Waals surface area contributed by atoms with Crippen LogP contribution in [0.25, 0.3) is 0 Å². The third kappa shape index (κ3) is 2.79. The molecule has 2 rings (SSSR count). The summed E-state index contributed by atoms with van der Waals surface area (Å²) in [6.45, 7) is 1.28. The molecule has 3 N–H and O–H groups in total. The van der Waals surface area contributed by atoms with Crippen LogP contribution in [0.15, 0.2) is 22.7 Å². The number of halogens is 2. The first-order valence-corrected chi connectivity index (χ1v) is 6.88. The lowest BCUT2D eigenvalue weighted by Crippen LogP contribution is -2.56. The van der Waals surface area contributed by atoms with E-state index in [2.05, 4.69) is 26.6 Å². The van der Waals surface area contributed by atoms with Gasteiger partial charge in [0.2, 0.25) is 0 Å². The first-order valence-electron chi connectivity index (χ1n) is 5.71. The van der Waals surface area contributed by atoms with Crippen LogP contribution in [-0.4, -0.2) is 29.7 Å². The molecule has 0 saturated carbocycles. The second-order valence-electron chi connectivity index (χ2n) is 4.42. The monoisotopic (exact) mass is 332 g/mol. The average Bonchev–Trinajstić information content (AvgIpc) is 2.35. The van der Waals surface area contributed by atoms with Crippen LogP contribution in [0.3, 0.4) is 0 Å². The third-order valence-electron chi connectivity index (χ3n) is 3.10. The molecule has 0 amide bonds. The zero-order valence-electron chi connectivity index (χ0n) is 9.67. The quantitative estimate of drug-likeness (QED) is 0.796. The first-order chi connectivity index (χ1) is 8.53. The van der Waals surface area contributed by atoms with Crippen molar-refractivity contribution in [1.82, 2.24) is 5.32 Å². The van der Waals surface area contributed by atoms with Crippen molar-refractivity contribution >= 4 is 39.2 Å². The lowest BCUT2D eigenvalue weighted by atomic mass is 9.90. The second-order valence-corrected chi connectivity index (χ2v) is 5.68. The van der Waals surface area contributed by atoms with E-state index in [0.717, 1.165) is 23.1 Å². The Morgan fingerprint density at radius 3 is 2.89 bits per heavy atom. The molecule has 6 heteroatoms. The van der Waals surface area contributed by atoms with Gasteiger partial charge in [0.05, 0.1) is 5.02 Å². The highest BCUT2D eigenvalue weighted by molar-refractivity contribution is 9.10. The van der Waals surface area contributed by atoms with Gasteiger partial charge in [0.1, 0.15) is 5.54 Å². The van der Waals surface area contributed by atoms with Crippen molar-refractivity contribution in [2.24, 2.45) is 0 Å². The van der Waals surface area contributed by atoms with Gasteiger partial charge in [0.15, 0.2) is 0 Å². The Kier molecular flexibility index (Phi) is 4.14. The van der Waals surface area contributed by atoms with E-state index in [1.807, 2.05) is 0 Å². The Bertz CT molecular complexity index is 461. The molecule has 0 bridgehead atoms. The van der Waals surface area contributed by atoms with Gasteiger partial charge < -0.3 is 15.7 Å². The molecular weight excluding hydrogens is 320 g/mol. The maximum atomic E-state index is 11.5. The summed E-state index contributed by atoms with van der Waals surface area (Å²) >= 11 is 9.25. The number of carbonyl (C=O) groups is 1. The number of hydrogen-bond acceptors (Lipinski definition) is 3. The molecule has 4 nitrogen and oxygen atoms in total. The Balaban J connectivity index is 2.23. The molecule has 0 spiro atoms. The molecule has 1 aromatic rings. The van der Waals surface area contributed by atoms with Crippen molar-refractivity contribution in [2.45, 2.75) is 18.4 Å². The minimum absolute atomic E-state index is 0.419. The van der Waals surface area contributed by atoms with Gasteiger partial charge in [-0.2, -0.15) is 0 Å². The highest BCUT2D eigenvalue weighted by Gasteiger charge is 2.39. The van der Waals surface area contributed by atoms with Gasteiger partial charge in [-0.25, -0.2) is 4.79 Å². The van der Waals surface area contributed by atoms with Crippen LogP contribution < -0.4 is 10.6 Å². The van der Waals surface area contributed by atoms with Gasteiger partial charge in [-0.05, 0) is 53.5 Å². The average molecular weight is 334 g/mol. The maximum absolute atomic E-state index is 11.5. The van der Waals surface area contributed by atoms with Crippen molar-refractivity contribution in [3.63, 3.8) is 0 Å². The van der Waals surface area contributed by atoms with Gasteiger partial charge in [0.25, 0.3) is 0 Å². The normalized spacial score (nSPS) is 23.7. The molecule has 1 unspecified atom stereocenters. The molecule has 1 heterocycles. The van der Waals surface area contributed by atoms with Crippen molar-refractivity contribution in [1.29, 1.82) is 0 Å². The summed E-state index contributed by atoms with van der Waals surface area (Å²) < 4.78 is 0.749. The highest BCUT2D eigenvalue weighted by atomic mass is 79.9. The second kappa shape index (κ2) is 5.47. The number of nitrogens with one attached hydrogen (secondary N) is 2. The number of aliphatic carboxylic acids is 1. The predicted molar refractivity (Wildman–Crippen MR) is 75.2 cm³/mol. The van der Waals surface area contributed by atoms with Gasteiger partial charge in [-0.15, -0.1) is 0 Å². The third-order valence-corrected chi connectivity index (χ3v) is 4.31. The lowest BCUT2D eigenvalue weighted by Gasteiger charge is -2.35. The Morgan fingerprint density at radius 2 is 2.33 bits per heavy atom. The van der Waals surface area contributed by atoms with Gasteiger partial charge in [-0.3, -0.25) is 0 Å². The van der Waals surface area contributed by atoms with E-state index in [4.69, 9.17) is 11.6 Å². The van der Waals surface area contributed by atoms with Crippen molar-refractivity contribution in [3.05, 3.63) is 27.7 Å². The van der Waals surface area contributed by atoms with E-state index in [1.54, 1.807) is 18.2 Å². The van der Waals surface area contributed by atoms with Gasteiger partial charge in [0, 0.05) is 16.7 Å². The van der Waals surface area contributed by atoms with Gasteiger partial charge >= 0.3 is 5.97 Å². The molecule has 1 aromatic carbocycles. The van der Waals surface area contributed by atoms with Crippen molar-refractivity contribution in [3.8, 4) is 0 Å². The number of carboxylic acids is 1. The van der Waals surface area contributed by atoms with Crippen LogP contribution in [0.2, 0.25) is 5.02 Å². The number of hydrogen-bond donors (Lipinski definition) is 3. The van der Waals surface area contributed by atoms with E-state index in [0.29, 0.717) is 18.0 Å². The minimum atomic E-state index is -0.939. The number of carboxylic acid groups (broad SMARTS) is 1. The molecule has 1 atom stereocenters. The predicted octanol–water partition coefficient (Wildman–Crippen LogP) is 2.72. The largest absolute Gasteiger partial charge is 0.479 e. The van der Waals surface area contributed by atoms with E-state index in [-0.39, 0.29) is 0 Å². The molecule has 98 valence electrons. The summed E-state index contributed by atoms with van der Waals surface area (Å²) in [7, 11) is 0. The summed E-state index contributed by atoms with van der Waals surface area (Å²) in [5.74, 6) is -0.833. The number of rotatable bonds is 3. The van der Waals surface area contributed by atoms with Crippen LogP contribution in [-0.2, 0) is 4.79 Å². The first kappa shape index (κ1) is 13.6. The lowest BCUT2D eigenvalue weighted by molar-refractivity contribution is -0.142. The fourth-order valence-corrected chi connectivity index (χ4v) is 2.59. The SMILES string of the molecule is O=C(O)C1(Nc2ccc(Cl)c(Br)c2)CCCNC1. The number of benzene rings is 1. The Hall–Kier alpha value is -0.780. The zero-order chi connectivity index (χ0) is 13.2. The summed E-state index contributed by atoms with van der Waals surface area (Å²) in [6, 6.07) is 5.31. The van der Waals surface area contributed by atoms with Crippen LogP contribution >= 0.6 is 27.5 Å². The highest BCUT2D eigenvalue weighted by Crippen LogP contribution is 2.29. The Labute approximate surface area is 119 Å². The van der Waals surface area contributed by atoms with E-state index >= 15 is 0 Å². The topological polar surface area (TPSA) is 61.4 Å². The molecular formula is C12H14BrClN2O2. The van der Waals surface area contributed by atoms with Crippen molar-refractivity contribution < 1.29 is 9.90 Å². The molecule has 0 aromatic heterocycles. The van der Waals surface area contributed by atoms with Crippen LogP contribution in [0.4, 0.5) is 5.69 Å². The summed E-state index contributed by atoms with van der Waals surface area (Å²) in [6.07, 6.45) is 1.45. The molecule has 1 saturated heterocycles. The fraction of sp³-hybridized carbons (Fsp3) is 0.417. The van der Waals surface area contributed by atoms with E-state index < -0.39 is 11.5 Å². The molecule has 1 fully saturated rings. The van der Waals surface area contributed by atoms with Crippen LogP contribution in [0.1, 0.15) is 12.8 Å². The Morgan fingerprint density at radius 1 is 1.56 bits per heavy atom. The van der Waals surface area contributed by atoms with E-state index in [1.165, 1.54) is 0 Å². The summed E-state index contributed by atoms with van der Waals surface area (Å²) in [5.41, 5.74) is -0.191. The smallest absolute Gasteiger partial charge is 0.330 e. The van der Waals surface area contributed by atoms with Crippen molar-refractivity contribution in [2.75, 3.05) is 18.4 Å². The standard InChI is InChI=1S/C12H14BrClN2O2/c13-9-6-8(2-3-10(9)14)16-12(11(17)18)4-1-5-15-7-12/h2-3,6,15-16H,1,4-5,7H2,(H,17,18). The van der Waals surface area contributed by atoms with E-state index in [9.17, 15) is 9.90 Å². The fourth-order valence-electron chi connectivity index (χ4n) is 2.10.